The third kappa shape index (κ3) is 4.42. The van der Waals surface area contributed by atoms with Crippen molar-refractivity contribution in [3.05, 3.63) is 59.2 Å². The Hall–Kier alpha value is -2.38. The van der Waals surface area contributed by atoms with Crippen LogP contribution in [0.5, 0.6) is 5.75 Å². The number of nitrogens with zero attached hydrogens (tertiary/aromatic N) is 2. The number of para-hydroxylation sites is 1. The van der Waals surface area contributed by atoms with E-state index in [1.54, 1.807) is 49.5 Å². The summed E-state index contributed by atoms with van der Waals surface area (Å²) in [7, 11) is -0.792. The summed E-state index contributed by atoms with van der Waals surface area (Å²) in [6.45, 7) is 3.68. The molecule has 0 unspecified atom stereocenters. The molecule has 2 aromatic rings. The highest BCUT2D eigenvalue weighted by Gasteiger charge is 2.24. The second kappa shape index (κ2) is 7.88. The summed E-state index contributed by atoms with van der Waals surface area (Å²) in [6.07, 6.45) is 0. The van der Waals surface area contributed by atoms with Gasteiger partial charge in [0, 0.05) is 26.2 Å². The van der Waals surface area contributed by atoms with Crippen molar-refractivity contribution in [2.24, 2.45) is 0 Å². The van der Waals surface area contributed by atoms with Crippen molar-refractivity contribution in [2.75, 3.05) is 20.6 Å². The van der Waals surface area contributed by atoms with E-state index in [-0.39, 0.29) is 29.6 Å². The molecule has 0 aliphatic heterocycles. The second-order valence-electron chi connectivity index (χ2n) is 6.39. The molecular formula is C19H24N2O4S. The van der Waals surface area contributed by atoms with Gasteiger partial charge in [-0.2, -0.15) is 4.31 Å². The normalized spacial score (nSPS) is 11.6. The van der Waals surface area contributed by atoms with E-state index in [9.17, 15) is 18.3 Å². The van der Waals surface area contributed by atoms with Crippen molar-refractivity contribution < 1.29 is 18.3 Å². The minimum atomic E-state index is -3.75. The van der Waals surface area contributed by atoms with Gasteiger partial charge in [-0.15, -0.1) is 0 Å². The summed E-state index contributed by atoms with van der Waals surface area (Å²) < 4.78 is 26.4. The van der Waals surface area contributed by atoms with Gasteiger partial charge in [-0.1, -0.05) is 24.3 Å². The molecule has 26 heavy (non-hydrogen) atoms. The highest BCUT2D eigenvalue weighted by molar-refractivity contribution is 7.89. The van der Waals surface area contributed by atoms with E-state index in [1.807, 2.05) is 13.8 Å². The molecule has 1 N–H and O–H groups in total. The lowest BCUT2D eigenvalue weighted by atomic mass is 10.1. The second-order valence-corrected chi connectivity index (χ2v) is 8.43. The van der Waals surface area contributed by atoms with Gasteiger partial charge in [-0.25, -0.2) is 8.42 Å². The fourth-order valence-electron chi connectivity index (χ4n) is 2.44. The Morgan fingerprint density at radius 1 is 1.04 bits per heavy atom. The van der Waals surface area contributed by atoms with Crippen LogP contribution in [-0.4, -0.2) is 49.3 Å². The summed E-state index contributed by atoms with van der Waals surface area (Å²) in [5.41, 5.74) is 2.48. The van der Waals surface area contributed by atoms with Gasteiger partial charge in [0.1, 0.15) is 5.75 Å². The van der Waals surface area contributed by atoms with E-state index >= 15 is 0 Å². The molecule has 0 aromatic heterocycles. The first-order chi connectivity index (χ1) is 12.1. The number of hydrogen-bond acceptors (Lipinski definition) is 4. The Morgan fingerprint density at radius 3 is 2.31 bits per heavy atom. The molecule has 0 radical (unpaired) electrons. The number of sulfonamides is 1. The smallest absolute Gasteiger partial charge is 0.243 e. The quantitative estimate of drug-likeness (QED) is 0.839. The van der Waals surface area contributed by atoms with Gasteiger partial charge in [-0.05, 0) is 43.2 Å². The monoisotopic (exact) mass is 376 g/mol. The predicted octanol–water partition coefficient (Wildman–Crippen LogP) is 2.29. The fraction of sp³-hybridized carbons (Fsp3) is 0.316. The summed E-state index contributed by atoms with van der Waals surface area (Å²) in [4.78, 5) is 14.0. The van der Waals surface area contributed by atoms with Gasteiger partial charge in [0.05, 0.1) is 11.4 Å². The van der Waals surface area contributed by atoms with E-state index in [0.717, 1.165) is 15.4 Å². The number of benzene rings is 2. The molecule has 0 spiro atoms. The van der Waals surface area contributed by atoms with Crippen LogP contribution in [0.3, 0.4) is 0 Å². The van der Waals surface area contributed by atoms with Crippen molar-refractivity contribution in [1.82, 2.24) is 9.21 Å². The van der Waals surface area contributed by atoms with Gasteiger partial charge in [-0.3, -0.25) is 4.79 Å². The number of likely N-dealkylation sites (N-methyl/N-ethyl adjacent to an activating group) is 2. The number of amides is 1. The first-order valence-electron chi connectivity index (χ1n) is 8.17. The van der Waals surface area contributed by atoms with Gasteiger partial charge >= 0.3 is 0 Å². The fourth-order valence-corrected chi connectivity index (χ4v) is 3.64. The SMILES string of the molecule is Cc1ccc(S(=O)(=O)N(C)CC(=O)N(C)Cc2ccccc2O)cc1C. The van der Waals surface area contributed by atoms with Gasteiger partial charge in [0.2, 0.25) is 15.9 Å². The molecule has 0 bridgehead atoms. The Labute approximate surface area is 154 Å². The van der Waals surface area contributed by atoms with E-state index < -0.39 is 10.0 Å². The lowest BCUT2D eigenvalue weighted by molar-refractivity contribution is -0.130. The number of carbonyl (C=O) groups excluding carboxylic acids is 1. The van der Waals surface area contributed by atoms with Crippen LogP contribution >= 0.6 is 0 Å². The van der Waals surface area contributed by atoms with Crippen LogP contribution in [0.15, 0.2) is 47.4 Å². The maximum absolute atomic E-state index is 12.7. The Kier molecular flexibility index (Phi) is 6.05. The first kappa shape index (κ1) is 19.9. The van der Waals surface area contributed by atoms with Crippen molar-refractivity contribution in [2.45, 2.75) is 25.3 Å². The number of phenols is 1. The lowest BCUT2D eigenvalue weighted by Gasteiger charge is -2.22. The average molecular weight is 376 g/mol. The van der Waals surface area contributed by atoms with Crippen molar-refractivity contribution in [3.63, 3.8) is 0 Å². The maximum Gasteiger partial charge on any atom is 0.243 e. The predicted molar refractivity (Wildman–Crippen MR) is 100 cm³/mol. The zero-order chi connectivity index (χ0) is 19.5. The van der Waals surface area contributed by atoms with E-state index in [0.29, 0.717) is 5.56 Å². The molecule has 2 aromatic carbocycles. The number of phenolic OH excluding ortho intramolecular Hbond substituents is 1. The summed E-state index contributed by atoms with van der Waals surface area (Å²) in [6, 6.07) is 11.6. The zero-order valence-corrected chi connectivity index (χ0v) is 16.2. The number of rotatable bonds is 6. The first-order valence-corrected chi connectivity index (χ1v) is 9.61. The van der Waals surface area contributed by atoms with Crippen LogP contribution in [0.1, 0.15) is 16.7 Å². The molecule has 0 saturated carbocycles. The molecule has 0 aliphatic rings. The average Bonchev–Trinajstić information content (AvgIpc) is 2.59. The Balaban J connectivity index is 2.09. The Morgan fingerprint density at radius 2 is 1.69 bits per heavy atom. The van der Waals surface area contributed by atoms with Crippen molar-refractivity contribution in [3.8, 4) is 5.75 Å². The molecule has 0 atom stereocenters. The maximum atomic E-state index is 12.7. The molecule has 0 aliphatic carbocycles. The van der Waals surface area contributed by atoms with Crippen LogP contribution < -0.4 is 0 Å². The van der Waals surface area contributed by atoms with Crippen LogP contribution in [0, 0.1) is 13.8 Å². The topological polar surface area (TPSA) is 77.9 Å². The van der Waals surface area contributed by atoms with E-state index in [1.165, 1.54) is 11.9 Å². The number of hydrogen-bond donors (Lipinski definition) is 1. The highest BCUT2D eigenvalue weighted by Crippen LogP contribution is 2.19. The standard InChI is InChI=1S/C19H24N2O4S/c1-14-9-10-17(11-15(14)2)26(24,25)21(4)13-19(23)20(3)12-16-7-5-6-8-18(16)22/h5-11,22H,12-13H2,1-4H3. The highest BCUT2D eigenvalue weighted by atomic mass is 32.2. The third-order valence-corrected chi connectivity index (χ3v) is 6.17. The van der Waals surface area contributed by atoms with Crippen molar-refractivity contribution >= 4 is 15.9 Å². The third-order valence-electron chi connectivity index (χ3n) is 4.37. The molecule has 140 valence electrons. The summed E-state index contributed by atoms with van der Waals surface area (Å²) in [5, 5.41) is 9.81. The molecule has 2 rings (SSSR count). The molecular weight excluding hydrogens is 352 g/mol. The van der Waals surface area contributed by atoms with Gasteiger partial charge in [0.15, 0.2) is 0 Å². The minimum absolute atomic E-state index is 0.100. The number of aromatic hydroxyl groups is 1. The molecule has 0 saturated heterocycles. The van der Waals surface area contributed by atoms with Crippen molar-refractivity contribution in [1.29, 1.82) is 0 Å². The number of carbonyl (C=O) groups is 1. The van der Waals surface area contributed by atoms with E-state index in [2.05, 4.69) is 0 Å². The van der Waals surface area contributed by atoms with Crippen LogP contribution in [0.25, 0.3) is 0 Å². The molecule has 1 amide bonds. The Bertz CT molecular complexity index is 910. The lowest BCUT2D eigenvalue weighted by Crippen LogP contribution is -2.39. The largest absolute Gasteiger partial charge is 0.508 e. The summed E-state index contributed by atoms with van der Waals surface area (Å²) in [5.74, 6) is -0.258. The van der Waals surface area contributed by atoms with Gasteiger partial charge < -0.3 is 10.0 Å². The summed E-state index contributed by atoms with van der Waals surface area (Å²) >= 11 is 0. The van der Waals surface area contributed by atoms with E-state index in [4.69, 9.17) is 0 Å². The molecule has 7 heteroatoms. The zero-order valence-electron chi connectivity index (χ0n) is 15.4. The van der Waals surface area contributed by atoms with Crippen LogP contribution in [0.2, 0.25) is 0 Å². The molecule has 0 heterocycles. The van der Waals surface area contributed by atoms with Crippen LogP contribution in [0.4, 0.5) is 0 Å². The minimum Gasteiger partial charge on any atom is -0.508 e. The molecule has 0 fully saturated rings. The number of aryl methyl sites for hydroxylation is 2. The molecule has 6 nitrogen and oxygen atoms in total. The van der Waals surface area contributed by atoms with Crippen LogP contribution in [-0.2, 0) is 21.4 Å². The van der Waals surface area contributed by atoms with Gasteiger partial charge in [0.25, 0.3) is 0 Å².